The summed E-state index contributed by atoms with van der Waals surface area (Å²) in [6, 6.07) is 5.97. The number of halogens is 1. The van der Waals surface area contributed by atoms with Gasteiger partial charge in [0.1, 0.15) is 5.82 Å². The van der Waals surface area contributed by atoms with Gasteiger partial charge < -0.3 is 10.2 Å². The van der Waals surface area contributed by atoms with Crippen molar-refractivity contribution in [2.24, 2.45) is 0 Å². The Hall–Kier alpha value is -1.07. The molecule has 5 heteroatoms. The first-order valence-electron chi connectivity index (χ1n) is 6.09. The molecular formula is C13H17FN2OS. The smallest absolute Gasteiger partial charge is 0.225 e. The van der Waals surface area contributed by atoms with Crippen molar-refractivity contribution in [2.75, 3.05) is 36.5 Å². The van der Waals surface area contributed by atoms with Crippen molar-refractivity contribution >= 4 is 23.4 Å². The fourth-order valence-corrected chi connectivity index (χ4v) is 2.85. The van der Waals surface area contributed by atoms with Crippen molar-refractivity contribution in [3.63, 3.8) is 0 Å². The van der Waals surface area contributed by atoms with Gasteiger partial charge in [-0.1, -0.05) is 6.07 Å². The van der Waals surface area contributed by atoms with Gasteiger partial charge in [-0.3, -0.25) is 4.79 Å². The third kappa shape index (κ3) is 4.31. The number of anilines is 1. The molecule has 1 saturated heterocycles. The van der Waals surface area contributed by atoms with E-state index in [0.29, 0.717) is 12.1 Å². The monoisotopic (exact) mass is 268 g/mol. The molecule has 1 aliphatic rings. The lowest BCUT2D eigenvalue weighted by Crippen LogP contribution is -2.34. The number of hydrogen-bond donors (Lipinski definition) is 1. The molecule has 0 aromatic heterocycles. The zero-order valence-electron chi connectivity index (χ0n) is 10.2. The van der Waals surface area contributed by atoms with Crippen LogP contribution in [0.15, 0.2) is 24.3 Å². The summed E-state index contributed by atoms with van der Waals surface area (Å²) in [6.07, 6.45) is 0.460. The lowest BCUT2D eigenvalue weighted by Gasteiger charge is -2.25. The molecule has 1 heterocycles. The molecule has 1 aromatic carbocycles. The maximum atomic E-state index is 12.9. The average Bonchev–Trinajstić information content (AvgIpc) is 2.38. The first kappa shape index (κ1) is 13.4. The first-order chi connectivity index (χ1) is 8.74. The summed E-state index contributed by atoms with van der Waals surface area (Å²) < 4.78 is 12.9. The molecule has 0 atom stereocenters. The van der Waals surface area contributed by atoms with Crippen molar-refractivity contribution in [3.8, 4) is 0 Å². The molecule has 1 aliphatic heterocycles. The Kier molecular flexibility index (Phi) is 5.01. The van der Waals surface area contributed by atoms with E-state index in [4.69, 9.17) is 0 Å². The van der Waals surface area contributed by atoms with Gasteiger partial charge in [-0.15, -0.1) is 0 Å². The lowest BCUT2D eigenvalue weighted by molar-refractivity contribution is -0.116. The summed E-state index contributed by atoms with van der Waals surface area (Å²) in [7, 11) is 0. The Morgan fingerprint density at radius 3 is 2.89 bits per heavy atom. The predicted molar refractivity (Wildman–Crippen MR) is 73.4 cm³/mol. The molecule has 3 nitrogen and oxygen atoms in total. The molecule has 0 aliphatic carbocycles. The molecule has 1 N–H and O–H groups in total. The first-order valence-corrected chi connectivity index (χ1v) is 7.25. The average molecular weight is 268 g/mol. The number of nitrogens with one attached hydrogen (secondary N) is 1. The third-order valence-electron chi connectivity index (χ3n) is 2.87. The predicted octanol–water partition coefficient (Wildman–Crippen LogP) is 2.20. The Morgan fingerprint density at radius 1 is 1.39 bits per heavy atom. The van der Waals surface area contributed by atoms with Crippen LogP contribution in [0.4, 0.5) is 10.1 Å². The second-order valence-corrected chi connectivity index (χ2v) is 5.49. The van der Waals surface area contributed by atoms with Crippen molar-refractivity contribution in [1.82, 2.24) is 4.90 Å². The SMILES string of the molecule is O=C(CCN1CCSCC1)Nc1cccc(F)c1. The Balaban J connectivity index is 1.74. The largest absolute Gasteiger partial charge is 0.326 e. The Bertz CT molecular complexity index is 408. The van der Waals surface area contributed by atoms with E-state index in [1.807, 2.05) is 11.8 Å². The highest BCUT2D eigenvalue weighted by molar-refractivity contribution is 7.99. The molecule has 98 valence electrons. The third-order valence-corrected chi connectivity index (χ3v) is 3.81. The number of amides is 1. The van der Waals surface area contributed by atoms with Gasteiger partial charge >= 0.3 is 0 Å². The Labute approximate surface area is 111 Å². The van der Waals surface area contributed by atoms with Crippen LogP contribution in [0.2, 0.25) is 0 Å². The van der Waals surface area contributed by atoms with Crippen LogP contribution in [0.25, 0.3) is 0 Å². The van der Waals surface area contributed by atoms with E-state index < -0.39 is 0 Å². The molecule has 0 unspecified atom stereocenters. The van der Waals surface area contributed by atoms with Crippen LogP contribution in [-0.2, 0) is 4.79 Å². The van der Waals surface area contributed by atoms with Crippen LogP contribution in [0.1, 0.15) is 6.42 Å². The van der Waals surface area contributed by atoms with Gasteiger partial charge in [-0.05, 0) is 18.2 Å². The molecule has 2 rings (SSSR count). The van der Waals surface area contributed by atoms with E-state index in [2.05, 4.69) is 10.2 Å². The highest BCUT2D eigenvalue weighted by Crippen LogP contribution is 2.11. The zero-order chi connectivity index (χ0) is 12.8. The van der Waals surface area contributed by atoms with E-state index in [1.54, 1.807) is 12.1 Å². The van der Waals surface area contributed by atoms with Crippen LogP contribution < -0.4 is 5.32 Å². The molecule has 1 fully saturated rings. The number of rotatable bonds is 4. The van der Waals surface area contributed by atoms with Gasteiger partial charge in [0.15, 0.2) is 0 Å². The topological polar surface area (TPSA) is 32.3 Å². The van der Waals surface area contributed by atoms with Crippen molar-refractivity contribution in [1.29, 1.82) is 0 Å². The zero-order valence-corrected chi connectivity index (χ0v) is 11.0. The molecular weight excluding hydrogens is 251 g/mol. The summed E-state index contributed by atoms with van der Waals surface area (Å²) >= 11 is 1.95. The number of carbonyl (C=O) groups excluding carboxylic acids is 1. The van der Waals surface area contributed by atoms with Crippen LogP contribution in [0.3, 0.4) is 0 Å². The number of benzene rings is 1. The van der Waals surface area contributed by atoms with Gasteiger partial charge in [0.05, 0.1) is 0 Å². The molecule has 1 amide bonds. The van der Waals surface area contributed by atoms with Gasteiger partial charge in [0.25, 0.3) is 0 Å². The normalized spacial score (nSPS) is 16.5. The summed E-state index contributed by atoms with van der Waals surface area (Å²) in [5, 5.41) is 2.71. The van der Waals surface area contributed by atoms with E-state index >= 15 is 0 Å². The maximum absolute atomic E-state index is 12.9. The van der Waals surface area contributed by atoms with Crippen LogP contribution in [0.5, 0.6) is 0 Å². The van der Waals surface area contributed by atoms with Crippen LogP contribution >= 0.6 is 11.8 Å². The van der Waals surface area contributed by atoms with Crippen LogP contribution in [-0.4, -0.2) is 41.9 Å². The van der Waals surface area contributed by atoms with Gasteiger partial charge in [-0.25, -0.2) is 4.39 Å². The maximum Gasteiger partial charge on any atom is 0.225 e. The lowest BCUT2D eigenvalue weighted by atomic mass is 10.3. The Morgan fingerprint density at radius 2 is 2.17 bits per heavy atom. The molecule has 0 radical (unpaired) electrons. The number of thioether (sulfide) groups is 1. The highest BCUT2D eigenvalue weighted by atomic mass is 32.2. The summed E-state index contributed by atoms with van der Waals surface area (Å²) in [6.45, 7) is 2.89. The minimum absolute atomic E-state index is 0.0566. The van der Waals surface area contributed by atoms with E-state index in [1.165, 1.54) is 12.1 Å². The molecule has 0 spiro atoms. The molecule has 1 aromatic rings. The molecule has 0 saturated carbocycles. The number of nitrogens with zero attached hydrogens (tertiary/aromatic N) is 1. The fourth-order valence-electron chi connectivity index (χ4n) is 1.87. The summed E-state index contributed by atoms with van der Waals surface area (Å²) in [5.41, 5.74) is 0.522. The molecule has 18 heavy (non-hydrogen) atoms. The summed E-state index contributed by atoms with van der Waals surface area (Å²) in [4.78, 5) is 14.0. The van der Waals surface area contributed by atoms with Crippen molar-refractivity contribution in [2.45, 2.75) is 6.42 Å². The minimum atomic E-state index is -0.333. The second-order valence-electron chi connectivity index (χ2n) is 4.26. The quantitative estimate of drug-likeness (QED) is 0.908. The summed E-state index contributed by atoms with van der Waals surface area (Å²) in [5.74, 6) is 1.90. The minimum Gasteiger partial charge on any atom is -0.326 e. The van der Waals surface area contributed by atoms with Crippen LogP contribution in [0, 0.1) is 5.82 Å². The number of carbonyl (C=O) groups is 1. The van der Waals surface area contributed by atoms with E-state index in [-0.39, 0.29) is 11.7 Å². The second kappa shape index (κ2) is 6.75. The van der Waals surface area contributed by atoms with Crippen molar-refractivity contribution in [3.05, 3.63) is 30.1 Å². The highest BCUT2D eigenvalue weighted by Gasteiger charge is 2.11. The standard InChI is InChI=1S/C13H17FN2OS/c14-11-2-1-3-12(10-11)15-13(17)4-5-16-6-8-18-9-7-16/h1-3,10H,4-9H2,(H,15,17). The van der Waals surface area contributed by atoms with Gasteiger partial charge in [-0.2, -0.15) is 11.8 Å². The van der Waals surface area contributed by atoms with Gasteiger partial charge in [0.2, 0.25) is 5.91 Å². The molecule has 0 bridgehead atoms. The van der Waals surface area contributed by atoms with E-state index in [0.717, 1.165) is 31.1 Å². The van der Waals surface area contributed by atoms with Gasteiger partial charge in [0, 0.05) is 43.2 Å². The van der Waals surface area contributed by atoms with E-state index in [9.17, 15) is 9.18 Å². The van der Waals surface area contributed by atoms with Crippen molar-refractivity contribution < 1.29 is 9.18 Å². The number of hydrogen-bond acceptors (Lipinski definition) is 3. The fraction of sp³-hybridized carbons (Fsp3) is 0.462.